The number of carboxylic acid groups (broad SMARTS) is 1. The summed E-state index contributed by atoms with van der Waals surface area (Å²) in [6, 6.07) is 8.55. The van der Waals surface area contributed by atoms with Crippen molar-refractivity contribution in [2.75, 3.05) is 5.32 Å². The van der Waals surface area contributed by atoms with Crippen LogP contribution in [0, 0.1) is 0 Å². The summed E-state index contributed by atoms with van der Waals surface area (Å²) in [4.78, 5) is 26.5. The number of halogens is 1. The Morgan fingerprint density at radius 2 is 2.05 bits per heavy atom. The zero-order valence-corrected chi connectivity index (χ0v) is 12.4. The third kappa shape index (κ3) is 4.54. The van der Waals surface area contributed by atoms with Crippen molar-refractivity contribution in [2.45, 2.75) is 0 Å². The summed E-state index contributed by atoms with van der Waals surface area (Å²) >= 11 is 3.25. The highest BCUT2D eigenvalue weighted by atomic mass is 79.9. The van der Waals surface area contributed by atoms with E-state index in [2.05, 4.69) is 26.2 Å². The van der Waals surface area contributed by atoms with Gasteiger partial charge in [-0.15, -0.1) is 0 Å². The molecule has 0 spiro atoms. The van der Waals surface area contributed by atoms with Crippen LogP contribution in [0.1, 0.15) is 15.9 Å². The second-order valence-electron chi connectivity index (χ2n) is 4.14. The normalized spacial score (nSPS) is 10.5. The maximum atomic E-state index is 12.1. The molecule has 2 aromatic rings. The molecule has 0 saturated carbocycles. The summed E-state index contributed by atoms with van der Waals surface area (Å²) < 4.78 is 0.716. The molecule has 1 aromatic heterocycles. The van der Waals surface area contributed by atoms with Gasteiger partial charge in [0.25, 0.3) is 5.91 Å². The predicted molar refractivity (Wildman–Crippen MR) is 83.0 cm³/mol. The first-order valence-corrected chi connectivity index (χ1v) is 6.77. The van der Waals surface area contributed by atoms with Crippen LogP contribution in [0.4, 0.5) is 5.69 Å². The molecule has 0 aliphatic rings. The topological polar surface area (TPSA) is 79.3 Å². The Morgan fingerprint density at radius 1 is 1.24 bits per heavy atom. The molecule has 0 aliphatic carbocycles. The average molecular weight is 347 g/mol. The van der Waals surface area contributed by atoms with Crippen molar-refractivity contribution in [2.24, 2.45) is 0 Å². The fraction of sp³-hybridized carbons (Fsp3) is 0. The predicted octanol–water partition coefficient (Wildman–Crippen LogP) is 3.19. The molecule has 1 amide bonds. The van der Waals surface area contributed by atoms with E-state index in [1.807, 2.05) is 0 Å². The summed E-state index contributed by atoms with van der Waals surface area (Å²) in [6.45, 7) is 0. The first kappa shape index (κ1) is 14.9. The number of aliphatic carboxylic acids is 1. The standard InChI is InChI=1S/C15H11BrN2O3/c16-12-7-11(8-17-9-12)15(21)18-13-3-1-2-10(6-13)4-5-14(19)20/h1-9H,(H,18,21)(H,19,20)/b5-4+. The highest BCUT2D eigenvalue weighted by Crippen LogP contribution is 2.15. The van der Waals surface area contributed by atoms with Crippen LogP contribution in [0.2, 0.25) is 0 Å². The fourth-order valence-electron chi connectivity index (χ4n) is 1.63. The number of hydrogen-bond acceptors (Lipinski definition) is 3. The van der Waals surface area contributed by atoms with Crippen molar-refractivity contribution in [3.8, 4) is 0 Å². The van der Waals surface area contributed by atoms with Crippen LogP contribution in [0.15, 0.2) is 53.3 Å². The number of nitrogens with zero attached hydrogens (tertiary/aromatic N) is 1. The maximum Gasteiger partial charge on any atom is 0.328 e. The smallest absolute Gasteiger partial charge is 0.328 e. The monoisotopic (exact) mass is 346 g/mol. The maximum absolute atomic E-state index is 12.1. The molecule has 21 heavy (non-hydrogen) atoms. The Hall–Kier alpha value is -2.47. The molecule has 0 fully saturated rings. The molecule has 0 aliphatic heterocycles. The molecule has 1 aromatic carbocycles. The van der Waals surface area contributed by atoms with Crippen molar-refractivity contribution >= 4 is 39.6 Å². The molecule has 6 heteroatoms. The second kappa shape index (κ2) is 6.81. The number of amides is 1. The highest BCUT2D eigenvalue weighted by molar-refractivity contribution is 9.10. The molecule has 0 unspecified atom stereocenters. The lowest BCUT2D eigenvalue weighted by Gasteiger charge is -2.06. The summed E-state index contributed by atoms with van der Waals surface area (Å²) in [5, 5.41) is 11.3. The number of aromatic nitrogens is 1. The van der Waals surface area contributed by atoms with Gasteiger partial charge in [-0.05, 0) is 45.8 Å². The first-order valence-electron chi connectivity index (χ1n) is 5.97. The molecule has 106 valence electrons. The van der Waals surface area contributed by atoms with Gasteiger partial charge in [0.2, 0.25) is 0 Å². The Balaban J connectivity index is 2.14. The SMILES string of the molecule is O=C(O)/C=C/c1cccc(NC(=O)c2cncc(Br)c2)c1. The molecule has 0 radical (unpaired) electrons. The van der Waals surface area contributed by atoms with E-state index in [0.717, 1.165) is 6.08 Å². The van der Waals surface area contributed by atoms with Gasteiger partial charge in [-0.3, -0.25) is 9.78 Å². The number of carboxylic acids is 1. The van der Waals surface area contributed by atoms with E-state index in [4.69, 9.17) is 5.11 Å². The summed E-state index contributed by atoms with van der Waals surface area (Å²) in [5.41, 5.74) is 1.69. The summed E-state index contributed by atoms with van der Waals surface area (Å²) in [7, 11) is 0. The number of anilines is 1. The zero-order chi connectivity index (χ0) is 15.2. The molecule has 1 heterocycles. The molecular formula is C15H11BrN2O3. The summed E-state index contributed by atoms with van der Waals surface area (Å²) in [5.74, 6) is -1.31. The van der Waals surface area contributed by atoms with Gasteiger partial charge in [0, 0.05) is 28.6 Å². The van der Waals surface area contributed by atoms with E-state index in [9.17, 15) is 9.59 Å². The molecule has 5 nitrogen and oxygen atoms in total. The van der Waals surface area contributed by atoms with Gasteiger partial charge in [-0.25, -0.2) is 4.79 Å². The van der Waals surface area contributed by atoms with Gasteiger partial charge in [0.05, 0.1) is 5.56 Å². The molecule has 0 saturated heterocycles. The number of benzene rings is 1. The number of carbonyl (C=O) groups is 2. The molecular weight excluding hydrogens is 336 g/mol. The van der Waals surface area contributed by atoms with Gasteiger partial charge in [-0.2, -0.15) is 0 Å². The number of carbonyl (C=O) groups excluding carboxylic acids is 1. The lowest BCUT2D eigenvalue weighted by molar-refractivity contribution is -0.131. The quantitative estimate of drug-likeness (QED) is 0.833. The average Bonchev–Trinajstić information content (AvgIpc) is 2.45. The van der Waals surface area contributed by atoms with Crippen LogP contribution in [-0.4, -0.2) is 22.0 Å². The largest absolute Gasteiger partial charge is 0.478 e. The van der Waals surface area contributed by atoms with E-state index in [-0.39, 0.29) is 5.91 Å². The van der Waals surface area contributed by atoms with Crippen molar-refractivity contribution in [1.29, 1.82) is 0 Å². The third-order valence-electron chi connectivity index (χ3n) is 2.53. The molecule has 2 N–H and O–H groups in total. The molecule has 0 bridgehead atoms. The van der Waals surface area contributed by atoms with E-state index in [1.165, 1.54) is 12.3 Å². The molecule has 2 rings (SSSR count). The van der Waals surface area contributed by atoms with Crippen molar-refractivity contribution in [3.05, 3.63) is 64.4 Å². The van der Waals surface area contributed by atoms with Gasteiger partial charge >= 0.3 is 5.97 Å². The lowest BCUT2D eigenvalue weighted by atomic mass is 10.2. The van der Waals surface area contributed by atoms with Crippen LogP contribution in [0.5, 0.6) is 0 Å². The van der Waals surface area contributed by atoms with Crippen molar-refractivity contribution in [3.63, 3.8) is 0 Å². The van der Waals surface area contributed by atoms with Crippen LogP contribution < -0.4 is 5.32 Å². The molecule has 0 atom stereocenters. The van der Waals surface area contributed by atoms with E-state index in [0.29, 0.717) is 21.3 Å². The Morgan fingerprint density at radius 3 is 2.76 bits per heavy atom. The number of nitrogens with one attached hydrogen (secondary N) is 1. The minimum Gasteiger partial charge on any atom is -0.478 e. The van der Waals surface area contributed by atoms with Crippen LogP contribution >= 0.6 is 15.9 Å². The summed E-state index contributed by atoms with van der Waals surface area (Å²) in [6.07, 6.45) is 5.56. The van der Waals surface area contributed by atoms with Crippen molar-refractivity contribution < 1.29 is 14.7 Å². The fourth-order valence-corrected chi connectivity index (χ4v) is 1.99. The minimum atomic E-state index is -1.02. The zero-order valence-electron chi connectivity index (χ0n) is 10.8. The Bertz CT molecular complexity index is 714. The third-order valence-corrected chi connectivity index (χ3v) is 2.96. The minimum absolute atomic E-state index is 0.289. The van der Waals surface area contributed by atoms with Crippen LogP contribution in [0.3, 0.4) is 0 Å². The van der Waals surface area contributed by atoms with Crippen LogP contribution in [0.25, 0.3) is 6.08 Å². The van der Waals surface area contributed by atoms with E-state index >= 15 is 0 Å². The van der Waals surface area contributed by atoms with Crippen LogP contribution in [-0.2, 0) is 4.79 Å². The van der Waals surface area contributed by atoms with E-state index in [1.54, 1.807) is 36.5 Å². The van der Waals surface area contributed by atoms with E-state index < -0.39 is 5.97 Å². The van der Waals surface area contributed by atoms with Crippen molar-refractivity contribution in [1.82, 2.24) is 4.98 Å². The Kier molecular flexibility index (Phi) is 4.84. The van der Waals surface area contributed by atoms with Gasteiger partial charge in [0.1, 0.15) is 0 Å². The van der Waals surface area contributed by atoms with Gasteiger partial charge in [0.15, 0.2) is 0 Å². The van der Waals surface area contributed by atoms with Gasteiger partial charge in [-0.1, -0.05) is 12.1 Å². The lowest BCUT2D eigenvalue weighted by Crippen LogP contribution is -2.12. The first-order chi connectivity index (χ1) is 10.0. The number of pyridine rings is 1. The second-order valence-corrected chi connectivity index (χ2v) is 5.06. The van der Waals surface area contributed by atoms with Gasteiger partial charge < -0.3 is 10.4 Å². The number of rotatable bonds is 4. The number of hydrogen-bond donors (Lipinski definition) is 2. The Labute approximate surface area is 129 Å². The highest BCUT2D eigenvalue weighted by Gasteiger charge is 2.07.